The first-order chi connectivity index (χ1) is 17.4. The molecule has 4 saturated heterocycles. The largest absolute Gasteiger partial charge is 0.478 e. The Balaban J connectivity index is 1.30. The molecule has 3 atom stereocenters. The van der Waals surface area contributed by atoms with Crippen LogP contribution in [0.1, 0.15) is 39.3 Å². The lowest BCUT2D eigenvalue weighted by atomic mass is 9.84. The number of aromatic nitrogens is 1. The number of anilines is 1. The normalized spacial score (nSPS) is 27.4. The van der Waals surface area contributed by atoms with E-state index in [1.165, 1.54) is 5.38 Å². The van der Waals surface area contributed by atoms with Gasteiger partial charge in [-0.3, -0.25) is 15.4 Å². The van der Waals surface area contributed by atoms with E-state index in [-0.39, 0.29) is 42.0 Å². The third kappa shape index (κ3) is 4.91. The Morgan fingerprint density at radius 1 is 1.38 bits per heavy atom. The molecule has 5 N–H and O–H groups in total. The lowest BCUT2D eigenvalue weighted by molar-refractivity contribution is -0.377. The van der Waals surface area contributed by atoms with Crippen LogP contribution in [0.3, 0.4) is 0 Å². The molecule has 0 spiro atoms. The first-order valence-electron chi connectivity index (χ1n) is 11.6. The van der Waals surface area contributed by atoms with Crippen molar-refractivity contribution in [3.05, 3.63) is 11.1 Å². The molecule has 1 aromatic rings. The van der Waals surface area contributed by atoms with Gasteiger partial charge in [0.2, 0.25) is 5.60 Å². The van der Waals surface area contributed by atoms with E-state index < -0.39 is 47.2 Å². The van der Waals surface area contributed by atoms with Crippen LogP contribution in [-0.4, -0.2) is 93.5 Å². The summed E-state index contributed by atoms with van der Waals surface area (Å²) in [6, 6.07) is -0.683. The van der Waals surface area contributed by atoms with Crippen LogP contribution in [0.2, 0.25) is 0 Å². The molecule has 16 heteroatoms. The van der Waals surface area contributed by atoms with E-state index in [1.54, 1.807) is 25.7 Å². The van der Waals surface area contributed by atoms with E-state index in [0.717, 1.165) is 11.3 Å². The zero-order valence-electron chi connectivity index (χ0n) is 20.3. The topological polar surface area (TPSA) is 193 Å². The molecular weight excluding hydrogens is 510 g/mol. The summed E-state index contributed by atoms with van der Waals surface area (Å²) in [6.07, 6.45) is -0.647. The minimum atomic E-state index is -1.48. The summed E-state index contributed by atoms with van der Waals surface area (Å²) in [7, 11) is 0. The van der Waals surface area contributed by atoms with Crippen LogP contribution in [0.5, 0.6) is 0 Å². The number of urea groups is 1. The molecule has 37 heavy (non-hydrogen) atoms. The summed E-state index contributed by atoms with van der Waals surface area (Å²) >= 11 is 1.03. The third-order valence-corrected chi connectivity index (χ3v) is 6.92. The number of carbonyl (C=O) groups is 4. The summed E-state index contributed by atoms with van der Waals surface area (Å²) < 4.78 is 10.9. The van der Waals surface area contributed by atoms with Gasteiger partial charge in [-0.1, -0.05) is 5.16 Å². The number of hydrogen-bond donors (Lipinski definition) is 5. The number of nitrogens with one attached hydrogen (secondary N) is 4. The molecule has 1 aromatic heterocycles. The average molecular weight is 538 g/mol. The molecule has 5 aliphatic rings. The van der Waals surface area contributed by atoms with Gasteiger partial charge in [0.1, 0.15) is 23.6 Å². The molecule has 4 aliphatic heterocycles. The summed E-state index contributed by atoms with van der Waals surface area (Å²) in [5.41, 5.74) is -3.32. The first kappa shape index (κ1) is 25.2. The standard InChI is InChI=1S/C21H27N7O8S/c1-19(2,3)35-18(33)25-16-23-10(8-37-16)11(27-36-20(4-5-20)15(30)31)13(29)24-12-14-26-21(12,34-14)9-28-7-6-22-17(28)32/h8,12,14,26H,4-7,9H2,1-3H3,(H,22,32)(H,24,29)(H,30,31)(H,23,25,33)/b27-11-/t12-,14?,21?/m0/s1. The fourth-order valence-corrected chi connectivity index (χ4v) is 4.70. The average Bonchev–Trinajstić information content (AvgIpc) is 3.26. The smallest absolute Gasteiger partial charge is 0.413 e. The highest BCUT2D eigenvalue weighted by atomic mass is 32.1. The van der Waals surface area contributed by atoms with Crippen LogP contribution in [0.4, 0.5) is 14.7 Å². The Morgan fingerprint density at radius 3 is 2.65 bits per heavy atom. The molecule has 200 valence electrons. The highest BCUT2D eigenvalue weighted by Gasteiger charge is 2.69. The zero-order valence-corrected chi connectivity index (χ0v) is 21.1. The minimum absolute atomic E-state index is 0.0737. The van der Waals surface area contributed by atoms with Crippen molar-refractivity contribution in [3.63, 3.8) is 0 Å². The van der Waals surface area contributed by atoms with Gasteiger partial charge in [0.05, 0.1) is 6.54 Å². The molecule has 1 aliphatic carbocycles. The number of amides is 4. The molecule has 5 fully saturated rings. The maximum atomic E-state index is 13.3. The molecule has 5 heterocycles. The molecule has 2 bridgehead atoms. The van der Waals surface area contributed by atoms with Crippen molar-refractivity contribution in [1.82, 2.24) is 25.8 Å². The number of ether oxygens (including phenoxy) is 2. The van der Waals surface area contributed by atoms with Gasteiger partial charge in [-0.25, -0.2) is 19.4 Å². The fourth-order valence-electron chi connectivity index (χ4n) is 4.02. The quantitative estimate of drug-likeness (QED) is 0.211. The maximum absolute atomic E-state index is 13.3. The second-order valence-electron chi connectivity index (χ2n) is 10.2. The van der Waals surface area contributed by atoms with Gasteiger partial charge >= 0.3 is 18.1 Å². The van der Waals surface area contributed by atoms with Crippen LogP contribution < -0.4 is 21.3 Å². The van der Waals surface area contributed by atoms with E-state index in [1.807, 2.05) is 0 Å². The number of oxime groups is 1. The highest BCUT2D eigenvalue weighted by molar-refractivity contribution is 7.14. The van der Waals surface area contributed by atoms with Crippen molar-refractivity contribution in [2.75, 3.05) is 25.0 Å². The third-order valence-electron chi connectivity index (χ3n) is 6.16. The fraction of sp³-hybridized carbons (Fsp3) is 0.619. The number of aliphatic carboxylic acids is 1. The summed E-state index contributed by atoms with van der Waals surface area (Å²) in [5, 5.41) is 26.1. The lowest BCUT2D eigenvalue weighted by Gasteiger charge is -2.67. The van der Waals surface area contributed by atoms with E-state index in [2.05, 4.69) is 31.4 Å². The summed E-state index contributed by atoms with van der Waals surface area (Å²) in [5.74, 6) is -1.85. The number of rotatable bonds is 9. The van der Waals surface area contributed by atoms with E-state index in [4.69, 9.17) is 14.3 Å². The van der Waals surface area contributed by atoms with Crippen LogP contribution >= 0.6 is 11.3 Å². The van der Waals surface area contributed by atoms with Gasteiger partial charge in [-0.05, 0) is 20.8 Å². The van der Waals surface area contributed by atoms with E-state index in [0.29, 0.717) is 13.1 Å². The van der Waals surface area contributed by atoms with Crippen molar-refractivity contribution in [3.8, 4) is 0 Å². The van der Waals surface area contributed by atoms with Gasteiger partial charge in [0.15, 0.2) is 16.6 Å². The Kier molecular flexibility index (Phi) is 5.99. The molecule has 0 aromatic carbocycles. The highest BCUT2D eigenvalue weighted by Crippen LogP contribution is 2.42. The Hall–Kier alpha value is -3.50. The Morgan fingerprint density at radius 2 is 2.11 bits per heavy atom. The minimum Gasteiger partial charge on any atom is -0.478 e. The van der Waals surface area contributed by atoms with Crippen molar-refractivity contribution in [2.24, 2.45) is 5.16 Å². The van der Waals surface area contributed by atoms with Gasteiger partial charge in [0.25, 0.3) is 5.91 Å². The van der Waals surface area contributed by atoms with Crippen molar-refractivity contribution < 1.29 is 38.6 Å². The van der Waals surface area contributed by atoms with Gasteiger partial charge in [-0.15, -0.1) is 11.3 Å². The van der Waals surface area contributed by atoms with Crippen molar-refractivity contribution in [1.29, 1.82) is 0 Å². The molecule has 6 rings (SSSR count). The first-order valence-corrected chi connectivity index (χ1v) is 12.5. The van der Waals surface area contributed by atoms with Crippen LogP contribution in [0.15, 0.2) is 10.5 Å². The number of hydrogen-bond acceptors (Lipinski definition) is 11. The number of thiazole rings is 1. The van der Waals surface area contributed by atoms with E-state index >= 15 is 0 Å². The van der Waals surface area contributed by atoms with Gasteiger partial charge in [0, 0.05) is 31.3 Å². The predicted octanol–water partition coefficient (Wildman–Crippen LogP) is -0.00620. The van der Waals surface area contributed by atoms with Gasteiger partial charge < -0.3 is 35.0 Å². The second-order valence-corrected chi connectivity index (χ2v) is 11.0. The van der Waals surface area contributed by atoms with Crippen LogP contribution in [0, 0.1) is 0 Å². The Labute approximate surface area is 214 Å². The molecular formula is C21H27N7O8S. The monoisotopic (exact) mass is 537 g/mol. The van der Waals surface area contributed by atoms with E-state index in [9.17, 15) is 24.3 Å². The molecule has 15 nitrogen and oxygen atoms in total. The molecule has 4 amide bonds. The second kappa shape index (κ2) is 8.81. The predicted molar refractivity (Wildman–Crippen MR) is 127 cm³/mol. The summed E-state index contributed by atoms with van der Waals surface area (Å²) in [6.45, 7) is 6.42. The number of carbonyl (C=O) groups excluding carboxylic acids is 3. The Bertz CT molecular complexity index is 1170. The van der Waals surface area contributed by atoms with Crippen molar-refractivity contribution in [2.45, 2.75) is 62.8 Å². The maximum Gasteiger partial charge on any atom is 0.413 e. The van der Waals surface area contributed by atoms with Crippen LogP contribution in [-0.2, 0) is 23.9 Å². The molecule has 0 radical (unpaired) electrons. The van der Waals surface area contributed by atoms with Crippen molar-refractivity contribution >= 4 is 46.2 Å². The number of carboxylic acid groups (broad SMARTS) is 1. The summed E-state index contributed by atoms with van der Waals surface area (Å²) in [4.78, 5) is 60.0. The lowest BCUT2D eigenvalue weighted by Crippen LogP contribution is -2.95. The molecule has 1 saturated carbocycles. The number of nitrogens with zero attached hydrogens (tertiary/aromatic N) is 3. The SMILES string of the molecule is CC(C)(C)OC(=O)Nc1nc(/C(=N/OC2(C(=O)O)CC2)C(=O)N[C@H]2C3NC2(CN2CCNC2=O)O3)cs1. The molecule has 2 unspecified atom stereocenters. The zero-order chi connectivity index (χ0) is 26.6. The van der Waals surface area contributed by atoms with Gasteiger partial charge in [-0.2, -0.15) is 0 Å². The number of carboxylic acids is 1. The van der Waals surface area contributed by atoms with Crippen LogP contribution in [0.25, 0.3) is 0 Å².